The Bertz CT molecular complexity index is 725. The predicted octanol–water partition coefficient (Wildman–Crippen LogP) is 2.89. The van der Waals surface area contributed by atoms with E-state index in [-0.39, 0.29) is 35.6 Å². The van der Waals surface area contributed by atoms with Gasteiger partial charge >= 0.3 is 5.97 Å². The first kappa shape index (κ1) is 22.6. The van der Waals surface area contributed by atoms with Crippen molar-refractivity contribution in [2.45, 2.75) is 44.4 Å². The van der Waals surface area contributed by atoms with Gasteiger partial charge in [-0.2, -0.15) is 0 Å². The zero-order valence-corrected chi connectivity index (χ0v) is 18.8. The number of carbonyl (C=O) groups excluding carboxylic acids is 1. The molecule has 0 aromatic heterocycles. The van der Waals surface area contributed by atoms with E-state index >= 15 is 0 Å². The number of hydrogen-bond acceptors (Lipinski definition) is 4. The minimum atomic E-state index is -2.58. The average molecular weight is 420 g/mol. The molecule has 6 heteroatoms. The molecule has 3 rings (SSSR count). The molecule has 0 aliphatic carbocycles. The lowest BCUT2D eigenvalue weighted by Crippen LogP contribution is -2.67. The molecular formula is C22H30ClNO3Si. The van der Waals surface area contributed by atoms with E-state index in [2.05, 4.69) is 74.6 Å². The highest BCUT2D eigenvalue weighted by Gasteiger charge is 2.52. The number of rotatable bonds is 5. The zero-order valence-electron chi connectivity index (χ0n) is 17.0. The molecule has 152 valence electrons. The largest absolute Gasteiger partial charge is 0.468 e. The van der Waals surface area contributed by atoms with Crippen molar-refractivity contribution < 1.29 is 14.0 Å². The van der Waals surface area contributed by atoms with Crippen molar-refractivity contribution in [3.05, 3.63) is 60.7 Å². The Morgan fingerprint density at radius 1 is 1.00 bits per heavy atom. The molecule has 1 aliphatic heterocycles. The Balaban J connectivity index is 0.00000280. The van der Waals surface area contributed by atoms with Gasteiger partial charge in [0.2, 0.25) is 0 Å². The molecule has 1 heterocycles. The van der Waals surface area contributed by atoms with Gasteiger partial charge in [-0.15, -0.1) is 12.4 Å². The van der Waals surface area contributed by atoms with Crippen molar-refractivity contribution in [2.24, 2.45) is 0 Å². The number of ether oxygens (including phenoxy) is 1. The van der Waals surface area contributed by atoms with Crippen LogP contribution in [0, 0.1) is 0 Å². The molecule has 1 fully saturated rings. The molecule has 0 spiro atoms. The topological polar surface area (TPSA) is 47.6 Å². The Morgan fingerprint density at radius 2 is 1.50 bits per heavy atom. The summed E-state index contributed by atoms with van der Waals surface area (Å²) in [6, 6.07) is 20.9. The number of halogens is 1. The molecule has 0 saturated carbocycles. The molecule has 28 heavy (non-hydrogen) atoms. The summed E-state index contributed by atoms with van der Waals surface area (Å²) < 4.78 is 11.9. The first-order valence-corrected chi connectivity index (χ1v) is 11.4. The maximum atomic E-state index is 11.9. The van der Waals surface area contributed by atoms with E-state index in [1.165, 1.54) is 17.5 Å². The summed E-state index contributed by atoms with van der Waals surface area (Å²) in [6.45, 7) is 7.45. The Kier molecular flexibility index (Phi) is 7.45. The van der Waals surface area contributed by atoms with Gasteiger partial charge in [0.15, 0.2) is 0 Å². The predicted molar refractivity (Wildman–Crippen MR) is 118 cm³/mol. The second kappa shape index (κ2) is 9.22. The van der Waals surface area contributed by atoms with Crippen molar-refractivity contribution >= 4 is 37.1 Å². The van der Waals surface area contributed by atoms with Crippen LogP contribution < -0.4 is 15.7 Å². The fourth-order valence-electron chi connectivity index (χ4n) is 4.06. The van der Waals surface area contributed by atoms with Crippen LogP contribution >= 0.6 is 12.4 Å². The minimum absolute atomic E-state index is 0. The van der Waals surface area contributed by atoms with Gasteiger partial charge in [0.05, 0.1) is 13.2 Å². The minimum Gasteiger partial charge on any atom is -0.468 e. The molecule has 1 saturated heterocycles. The van der Waals surface area contributed by atoms with Crippen LogP contribution in [0.25, 0.3) is 0 Å². The summed E-state index contributed by atoms with van der Waals surface area (Å²) in [4.78, 5) is 11.9. The molecule has 2 aromatic carbocycles. The zero-order chi connectivity index (χ0) is 19.5. The third-order valence-corrected chi connectivity index (χ3v) is 10.4. The number of benzene rings is 2. The molecule has 0 bridgehead atoms. The molecule has 0 radical (unpaired) electrons. The molecule has 4 nitrogen and oxygen atoms in total. The van der Waals surface area contributed by atoms with E-state index in [4.69, 9.17) is 9.16 Å². The number of carbonyl (C=O) groups is 1. The van der Waals surface area contributed by atoms with Gasteiger partial charge < -0.3 is 14.5 Å². The van der Waals surface area contributed by atoms with Gasteiger partial charge in [-0.05, 0) is 21.8 Å². The molecule has 0 unspecified atom stereocenters. The van der Waals surface area contributed by atoms with Crippen molar-refractivity contribution in [1.29, 1.82) is 0 Å². The SMILES string of the molecule is COC(=O)[C@@H]1C[C@@H](O[Si](c2ccccc2)(c2ccccc2)C(C)(C)C)CN1.Cl. The van der Waals surface area contributed by atoms with Crippen LogP contribution in [0.5, 0.6) is 0 Å². The van der Waals surface area contributed by atoms with Crippen LogP contribution in [-0.2, 0) is 14.0 Å². The van der Waals surface area contributed by atoms with Crippen LogP contribution in [0.2, 0.25) is 5.04 Å². The maximum Gasteiger partial charge on any atom is 0.322 e. The van der Waals surface area contributed by atoms with Gasteiger partial charge in [0.25, 0.3) is 8.32 Å². The van der Waals surface area contributed by atoms with Crippen LogP contribution in [0.4, 0.5) is 0 Å². The standard InChI is InChI=1S/C22H29NO3Si.ClH/c1-22(2,3)27(18-11-7-5-8-12-18,19-13-9-6-10-14-19)26-17-15-20(23-16-17)21(24)25-4;/h5-14,17,20,23H,15-16H2,1-4H3;1H/t17-,20+;/m1./s1. The monoisotopic (exact) mass is 419 g/mol. The fourth-order valence-corrected chi connectivity index (χ4v) is 8.75. The van der Waals surface area contributed by atoms with E-state index in [1.54, 1.807) is 0 Å². The number of hydrogen-bond donors (Lipinski definition) is 1. The molecular weight excluding hydrogens is 390 g/mol. The second-order valence-corrected chi connectivity index (χ2v) is 12.4. The first-order chi connectivity index (χ1) is 12.9. The lowest BCUT2D eigenvalue weighted by Gasteiger charge is -2.44. The molecule has 2 atom stereocenters. The van der Waals surface area contributed by atoms with Crippen molar-refractivity contribution in [3.63, 3.8) is 0 Å². The third kappa shape index (κ3) is 4.33. The maximum absolute atomic E-state index is 11.9. The van der Waals surface area contributed by atoms with Gasteiger partial charge in [0, 0.05) is 6.54 Å². The summed E-state index contributed by atoms with van der Waals surface area (Å²) in [5.41, 5.74) is 0. The van der Waals surface area contributed by atoms with Crippen LogP contribution in [0.3, 0.4) is 0 Å². The molecule has 1 N–H and O–H groups in total. The van der Waals surface area contributed by atoms with Gasteiger partial charge in [-0.1, -0.05) is 81.4 Å². The van der Waals surface area contributed by atoms with Gasteiger partial charge in [-0.3, -0.25) is 4.79 Å². The van der Waals surface area contributed by atoms with E-state index in [0.717, 1.165) is 0 Å². The normalized spacial score (nSPS) is 19.7. The fraction of sp³-hybridized carbons (Fsp3) is 0.409. The number of nitrogens with one attached hydrogen (secondary N) is 1. The summed E-state index contributed by atoms with van der Waals surface area (Å²) >= 11 is 0. The second-order valence-electron chi connectivity index (χ2n) is 8.12. The van der Waals surface area contributed by atoms with Crippen LogP contribution in [0.1, 0.15) is 27.2 Å². The molecule has 1 aliphatic rings. The van der Waals surface area contributed by atoms with E-state index < -0.39 is 8.32 Å². The van der Waals surface area contributed by atoms with Crippen molar-refractivity contribution in [3.8, 4) is 0 Å². The van der Waals surface area contributed by atoms with Crippen molar-refractivity contribution in [1.82, 2.24) is 5.32 Å². The smallest absolute Gasteiger partial charge is 0.322 e. The Morgan fingerprint density at radius 3 is 1.93 bits per heavy atom. The molecule has 0 amide bonds. The summed E-state index contributed by atoms with van der Waals surface area (Å²) in [6.07, 6.45) is 0.609. The quantitative estimate of drug-likeness (QED) is 0.598. The highest BCUT2D eigenvalue weighted by atomic mass is 35.5. The first-order valence-electron chi connectivity index (χ1n) is 9.48. The Hall–Kier alpha value is -1.66. The summed E-state index contributed by atoms with van der Waals surface area (Å²) in [5, 5.41) is 5.70. The average Bonchev–Trinajstić information content (AvgIpc) is 3.14. The highest BCUT2D eigenvalue weighted by Crippen LogP contribution is 2.38. The van der Waals surface area contributed by atoms with Gasteiger partial charge in [-0.25, -0.2) is 0 Å². The number of methoxy groups -OCH3 is 1. The lowest BCUT2D eigenvalue weighted by molar-refractivity contribution is -0.142. The highest BCUT2D eigenvalue weighted by molar-refractivity contribution is 6.99. The summed E-state index contributed by atoms with van der Waals surface area (Å²) in [5.74, 6) is -0.219. The van der Waals surface area contributed by atoms with Crippen LogP contribution in [-0.4, -0.2) is 40.1 Å². The van der Waals surface area contributed by atoms with E-state index in [0.29, 0.717) is 13.0 Å². The van der Waals surface area contributed by atoms with Gasteiger partial charge in [0.1, 0.15) is 6.04 Å². The third-order valence-electron chi connectivity index (χ3n) is 5.34. The summed E-state index contributed by atoms with van der Waals surface area (Å²) in [7, 11) is -1.15. The number of esters is 1. The molecule has 2 aromatic rings. The van der Waals surface area contributed by atoms with Crippen molar-refractivity contribution in [2.75, 3.05) is 13.7 Å². The Labute approximate surface area is 175 Å². The lowest BCUT2D eigenvalue weighted by atomic mass is 10.2. The van der Waals surface area contributed by atoms with E-state index in [9.17, 15) is 4.79 Å². The van der Waals surface area contributed by atoms with E-state index in [1.807, 2.05) is 12.1 Å². The van der Waals surface area contributed by atoms with Crippen LogP contribution in [0.15, 0.2) is 60.7 Å².